The molecule has 0 amide bonds. The number of hydrogen-bond donors (Lipinski definition) is 0. The van der Waals surface area contributed by atoms with Crippen molar-refractivity contribution in [3.05, 3.63) is 84.4 Å². The van der Waals surface area contributed by atoms with E-state index in [4.69, 9.17) is 9.47 Å². The van der Waals surface area contributed by atoms with Gasteiger partial charge in [-0.3, -0.25) is 0 Å². The van der Waals surface area contributed by atoms with Gasteiger partial charge in [0.1, 0.15) is 18.1 Å². The molecule has 127 valence electrons. The summed E-state index contributed by atoms with van der Waals surface area (Å²) in [4.78, 5) is 0. The average Bonchev–Trinajstić information content (AvgIpc) is 2.68. The Balaban J connectivity index is 1.64. The van der Waals surface area contributed by atoms with Crippen LogP contribution < -0.4 is 9.47 Å². The Morgan fingerprint density at radius 3 is 2.40 bits per heavy atom. The predicted octanol–water partition coefficient (Wildman–Crippen LogP) is 5.91. The minimum atomic E-state index is 0.564. The highest BCUT2D eigenvalue weighted by Crippen LogP contribution is 2.26. The second kappa shape index (κ2) is 8.93. The van der Waals surface area contributed by atoms with Crippen molar-refractivity contribution in [2.24, 2.45) is 0 Å². The van der Waals surface area contributed by atoms with Crippen molar-refractivity contribution >= 4 is 0 Å². The van der Waals surface area contributed by atoms with E-state index in [1.165, 1.54) is 0 Å². The Hall–Kier alpha value is -2.74. The summed E-state index contributed by atoms with van der Waals surface area (Å²) in [6.45, 7) is 3.49. The molecular formula is C23H23O2. The fraction of sp³-hybridized carbons (Fsp3) is 0.217. The third-order valence-electron chi connectivity index (χ3n) is 3.95. The Bertz CT molecular complexity index is 764. The molecule has 0 atom stereocenters. The highest BCUT2D eigenvalue weighted by atomic mass is 16.5. The number of unbranched alkanes of at least 4 members (excludes halogenated alkanes) is 1. The lowest BCUT2D eigenvalue weighted by Crippen LogP contribution is -1.96. The number of hydrogen-bond acceptors (Lipinski definition) is 2. The lowest BCUT2D eigenvalue weighted by molar-refractivity contribution is 0.306. The van der Waals surface area contributed by atoms with Gasteiger partial charge in [0.05, 0.1) is 6.61 Å². The number of ether oxygens (including phenoxy) is 2. The van der Waals surface area contributed by atoms with Gasteiger partial charge >= 0.3 is 0 Å². The van der Waals surface area contributed by atoms with Gasteiger partial charge in [0.25, 0.3) is 0 Å². The second-order valence-electron chi connectivity index (χ2n) is 5.94. The summed E-state index contributed by atoms with van der Waals surface area (Å²) >= 11 is 0. The van der Waals surface area contributed by atoms with Crippen LogP contribution in [0.3, 0.4) is 0 Å². The molecule has 0 aromatic heterocycles. The minimum absolute atomic E-state index is 0.564. The lowest BCUT2D eigenvalue weighted by atomic mass is 10.1. The molecular weight excluding hydrogens is 308 g/mol. The maximum atomic E-state index is 5.90. The fourth-order valence-corrected chi connectivity index (χ4v) is 2.51. The average molecular weight is 331 g/mol. The van der Waals surface area contributed by atoms with E-state index in [0.717, 1.165) is 47.6 Å². The maximum Gasteiger partial charge on any atom is 0.120 e. The van der Waals surface area contributed by atoms with Gasteiger partial charge in [-0.1, -0.05) is 61.9 Å². The summed E-state index contributed by atoms with van der Waals surface area (Å²) in [5.74, 6) is 1.76. The SMILES string of the molecule is CCCCOc1ccc(-c2[c]ccc(OCc3ccccc3)c2)cc1. The second-order valence-corrected chi connectivity index (χ2v) is 5.94. The summed E-state index contributed by atoms with van der Waals surface area (Å²) in [6, 6.07) is 27.5. The normalized spacial score (nSPS) is 10.4. The van der Waals surface area contributed by atoms with Crippen molar-refractivity contribution in [2.45, 2.75) is 26.4 Å². The Labute approximate surface area is 150 Å². The molecule has 0 saturated carbocycles. The lowest BCUT2D eigenvalue weighted by Gasteiger charge is -2.09. The third-order valence-corrected chi connectivity index (χ3v) is 3.95. The van der Waals surface area contributed by atoms with Crippen LogP contribution in [-0.2, 0) is 6.61 Å². The summed E-state index contributed by atoms with van der Waals surface area (Å²) in [5, 5.41) is 0. The number of benzene rings is 3. The van der Waals surface area contributed by atoms with Gasteiger partial charge in [0.2, 0.25) is 0 Å². The molecule has 2 heteroatoms. The van der Waals surface area contributed by atoms with E-state index in [1.54, 1.807) is 0 Å². The molecule has 0 bridgehead atoms. The zero-order valence-corrected chi connectivity index (χ0v) is 14.6. The highest BCUT2D eigenvalue weighted by Gasteiger charge is 2.02. The smallest absolute Gasteiger partial charge is 0.120 e. The van der Waals surface area contributed by atoms with Crippen LogP contribution in [0.5, 0.6) is 11.5 Å². The molecule has 0 unspecified atom stereocenters. The Morgan fingerprint density at radius 1 is 0.840 bits per heavy atom. The van der Waals surface area contributed by atoms with Gasteiger partial charge in [-0.15, -0.1) is 0 Å². The first-order valence-corrected chi connectivity index (χ1v) is 8.77. The van der Waals surface area contributed by atoms with Crippen LogP contribution in [-0.4, -0.2) is 6.61 Å². The van der Waals surface area contributed by atoms with Crippen molar-refractivity contribution in [3.8, 4) is 22.6 Å². The molecule has 0 heterocycles. The molecule has 0 aliphatic carbocycles. The molecule has 0 aliphatic rings. The zero-order valence-electron chi connectivity index (χ0n) is 14.6. The molecule has 1 radical (unpaired) electrons. The first-order chi connectivity index (χ1) is 12.3. The molecule has 0 N–H and O–H groups in total. The zero-order chi connectivity index (χ0) is 17.3. The van der Waals surface area contributed by atoms with Gasteiger partial charge in [-0.25, -0.2) is 0 Å². The van der Waals surface area contributed by atoms with E-state index < -0.39 is 0 Å². The van der Waals surface area contributed by atoms with E-state index in [9.17, 15) is 0 Å². The van der Waals surface area contributed by atoms with Crippen molar-refractivity contribution in [1.82, 2.24) is 0 Å². The van der Waals surface area contributed by atoms with Gasteiger partial charge in [-0.2, -0.15) is 0 Å². The Morgan fingerprint density at radius 2 is 1.64 bits per heavy atom. The minimum Gasteiger partial charge on any atom is -0.494 e. The van der Waals surface area contributed by atoms with Crippen LogP contribution in [0.1, 0.15) is 25.3 Å². The summed E-state index contributed by atoms with van der Waals surface area (Å²) in [6.07, 6.45) is 2.22. The van der Waals surface area contributed by atoms with Crippen molar-refractivity contribution < 1.29 is 9.47 Å². The number of rotatable bonds is 8. The van der Waals surface area contributed by atoms with Crippen LogP contribution in [0.2, 0.25) is 0 Å². The summed E-state index contributed by atoms with van der Waals surface area (Å²) in [5.41, 5.74) is 3.28. The predicted molar refractivity (Wildman–Crippen MR) is 102 cm³/mol. The summed E-state index contributed by atoms with van der Waals surface area (Å²) < 4.78 is 11.6. The van der Waals surface area contributed by atoms with Crippen LogP contribution in [0, 0.1) is 6.07 Å². The van der Waals surface area contributed by atoms with E-state index >= 15 is 0 Å². The van der Waals surface area contributed by atoms with Gasteiger partial charge in [0, 0.05) is 0 Å². The highest BCUT2D eigenvalue weighted by molar-refractivity contribution is 5.65. The van der Waals surface area contributed by atoms with Crippen molar-refractivity contribution in [1.29, 1.82) is 0 Å². The summed E-state index contributed by atoms with van der Waals surface area (Å²) in [7, 11) is 0. The molecule has 25 heavy (non-hydrogen) atoms. The van der Waals surface area contributed by atoms with E-state index in [2.05, 4.69) is 37.3 Å². The van der Waals surface area contributed by atoms with E-state index in [-0.39, 0.29) is 0 Å². The third kappa shape index (κ3) is 5.12. The van der Waals surface area contributed by atoms with E-state index in [0.29, 0.717) is 6.61 Å². The molecule has 0 spiro atoms. The molecule has 0 fully saturated rings. The first-order valence-electron chi connectivity index (χ1n) is 8.77. The quantitative estimate of drug-likeness (QED) is 0.478. The molecule has 3 aromatic carbocycles. The van der Waals surface area contributed by atoms with Crippen LogP contribution >= 0.6 is 0 Å². The monoisotopic (exact) mass is 331 g/mol. The van der Waals surface area contributed by atoms with Crippen LogP contribution in [0.25, 0.3) is 11.1 Å². The first kappa shape index (κ1) is 17.1. The maximum absolute atomic E-state index is 5.90. The van der Waals surface area contributed by atoms with Gasteiger partial charge in [-0.05, 0) is 53.4 Å². The van der Waals surface area contributed by atoms with Crippen molar-refractivity contribution in [2.75, 3.05) is 6.61 Å². The molecule has 0 saturated heterocycles. The standard InChI is InChI=1S/C23H23O2/c1-2-3-16-24-22-14-12-20(13-15-22)21-10-7-11-23(17-21)25-18-19-8-5-4-6-9-19/h4-9,11-15,17H,2-3,16,18H2,1H3. The largest absolute Gasteiger partial charge is 0.494 e. The van der Waals surface area contributed by atoms with Gasteiger partial charge < -0.3 is 9.47 Å². The molecule has 2 nitrogen and oxygen atoms in total. The van der Waals surface area contributed by atoms with Crippen LogP contribution in [0.4, 0.5) is 0 Å². The Kier molecular flexibility index (Phi) is 6.11. The van der Waals surface area contributed by atoms with Gasteiger partial charge in [0.15, 0.2) is 0 Å². The van der Waals surface area contributed by atoms with E-state index in [1.807, 2.05) is 48.5 Å². The fourth-order valence-electron chi connectivity index (χ4n) is 2.51. The molecule has 0 aliphatic heterocycles. The topological polar surface area (TPSA) is 18.5 Å². The molecule has 3 aromatic rings. The van der Waals surface area contributed by atoms with Crippen LogP contribution in [0.15, 0.2) is 72.8 Å². The molecule has 3 rings (SSSR count). The van der Waals surface area contributed by atoms with Crippen molar-refractivity contribution in [3.63, 3.8) is 0 Å².